The highest BCUT2D eigenvalue weighted by Crippen LogP contribution is 2.50. The summed E-state index contributed by atoms with van der Waals surface area (Å²) in [7, 11) is 5.33. The molecule has 2 aliphatic rings. The van der Waals surface area contributed by atoms with E-state index in [4.69, 9.17) is 25.8 Å². The first-order valence-electron chi connectivity index (χ1n) is 13.7. The monoisotopic (exact) mass is 568 g/mol. The van der Waals surface area contributed by atoms with E-state index in [2.05, 4.69) is 53.0 Å². The molecule has 3 heterocycles. The number of rotatable bonds is 9. The number of halogens is 2. The molecule has 2 aromatic carbocycles. The standard InChI is InChI=1S/C31H38ClFN4O3/c1-30-13-6-14-31(2,37(30)19-21-7-9-23(39-5)10-8-21)18-22(17-30)36(3)29-12-11-27(34-35-29)24-15-26(33)25(32)16-28(24)40-20-38-4/h7-12,15-16,22H,6,13-14,17-20H2,1-5H3. The van der Waals surface area contributed by atoms with Crippen molar-refractivity contribution < 1.29 is 18.6 Å². The van der Waals surface area contributed by atoms with Gasteiger partial charge in [-0.05, 0) is 81.8 Å². The summed E-state index contributed by atoms with van der Waals surface area (Å²) in [5.41, 5.74) is 2.43. The number of nitrogens with zero attached hydrogens (tertiary/aromatic N) is 4. The van der Waals surface area contributed by atoms with Crippen molar-refractivity contribution in [1.82, 2.24) is 15.1 Å². The lowest BCUT2D eigenvalue weighted by atomic mass is 9.66. The second-order valence-electron chi connectivity index (χ2n) is 11.5. The Morgan fingerprint density at radius 1 is 1.02 bits per heavy atom. The van der Waals surface area contributed by atoms with Crippen LogP contribution in [0, 0.1) is 5.82 Å². The van der Waals surface area contributed by atoms with Gasteiger partial charge in [0, 0.05) is 49.5 Å². The normalized spacial score (nSPS) is 24.5. The molecular weight excluding hydrogens is 531 g/mol. The lowest BCUT2D eigenvalue weighted by Gasteiger charge is -2.62. The third kappa shape index (κ3) is 5.62. The summed E-state index contributed by atoms with van der Waals surface area (Å²) in [6.07, 6.45) is 5.65. The van der Waals surface area contributed by atoms with Crippen molar-refractivity contribution in [2.45, 2.75) is 69.6 Å². The van der Waals surface area contributed by atoms with Gasteiger partial charge in [-0.2, -0.15) is 0 Å². The zero-order chi connectivity index (χ0) is 28.5. The topological polar surface area (TPSA) is 60.0 Å². The second-order valence-corrected chi connectivity index (χ2v) is 12.0. The summed E-state index contributed by atoms with van der Waals surface area (Å²) < 4.78 is 30.3. The summed E-state index contributed by atoms with van der Waals surface area (Å²) in [6.45, 7) is 5.77. The van der Waals surface area contributed by atoms with Gasteiger partial charge in [0.25, 0.3) is 0 Å². The number of benzene rings is 2. The molecule has 7 nitrogen and oxygen atoms in total. The highest BCUT2D eigenvalue weighted by atomic mass is 35.5. The minimum absolute atomic E-state index is 0.0118. The van der Waals surface area contributed by atoms with Crippen molar-refractivity contribution in [2.75, 3.05) is 33.0 Å². The van der Waals surface area contributed by atoms with Crippen molar-refractivity contribution in [1.29, 1.82) is 0 Å². The predicted octanol–water partition coefficient (Wildman–Crippen LogP) is 6.73. The molecule has 2 fully saturated rings. The Kier molecular flexibility index (Phi) is 8.22. The number of ether oxygens (including phenoxy) is 3. The number of methoxy groups -OCH3 is 2. The van der Waals surface area contributed by atoms with E-state index in [-0.39, 0.29) is 22.9 Å². The van der Waals surface area contributed by atoms with Gasteiger partial charge in [-0.15, -0.1) is 10.2 Å². The Morgan fingerprint density at radius 3 is 2.33 bits per heavy atom. The van der Waals surface area contributed by atoms with E-state index >= 15 is 0 Å². The van der Waals surface area contributed by atoms with Crippen LogP contribution in [-0.2, 0) is 11.3 Å². The van der Waals surface area contributed by atoms with Crippen LogP contribution in [0.2, 0.25) is 5.02 Å². The number of fused-ring (bicyclic) bond motifs is 2. The van der Waals surface area contributed by atoms with E-state index in [1.165, 1.54) is 44.1 Å². The fourth-order valence-corrected chi connectivity index (χ4v) is 6.82. The quantitative estimate of drug-likeness (QED) is 0.265. The van der Waals surface area contributed by atoms with Gasteiger partial charge >= 0.3 is 0 Å². The SMILES string of the molecule is COCOc1cc(Cl)c(F)cc1-c1ccc(N(C)C2CC3(C)CCCC(C)(C2)N3Cc2ccc(OC)cc2)nn1. The van der Waals surface area contributed by atoms with Crippen molar-refractivity contribution in [3.8, 4) is 22.8 Å². The maximum Gasteiger partial charge on any atom is 0.188 e. The van der Waals surface area contributed by atoms with Crippen LogP contribution in [0.15, 0.2) is 48.5 Å². The van der Waals surface area contributed by atoms with Crippen LogP contribution < -0.4 is 14.4 Å². The van der Waals surface area contributed by atoms with E-state index in [0.717, 1.165) is 31.0 Å². The summed E-state index contributed by atoms with van der Waals surface area (Å²) >= 11 is 5.99. The molecule has 1 aromatic heterocycles. The Labute approximate surface area is 241 Å². The summed E-state index contributed by atoms with van der Waals surface area (Å²) in [5.74, 6) is 1.52. The van der Waals surface area contributed by atoms with Crippen molar-refractivity contribution in [3.05, 3.63) is 64.9 Å². The molecule has 0 saturated carbocycles. The van der Waals surface area contributed by atoms with Crippen LogP contribution in [0.25, 0.3) is 11.3 Å². The smallest absolute Gasteiger partial charge is 0.188 e. The van der Waals surface area contributed by atoms with Gasteiger partial charge < -0.3 is 19.1 Å². The first-order chi connectivity index (χ1) is 19.2. The van der Waals surface area contributed by atoms with Crippen molar-refractivity contribution in [3.63, 3.8) is 0 Å². The minimum atomic E-state index is -0.543. The number of anilines is 1. The van der Waals surface area contributed by atoms with Gasteiger partial charge in [0.15, 0.2) is 12.6 Å². The molecule has 2 bridgehead atoms. The van der Waals surface area contributed by atoms with E-state index in [1.54, 1.807) is 7.11 Å². The zero-order valence-corrected chi connectivity index (χ0v) is 24.7. The molecule has 40 heavy (non-hydrogen) atoms. The van der Waals surface area contributed by atoms with Gasteiger partial charge in [0.05, 0.1) is 17.8 Å². The second kappa shape index (κ2) is 11.5. The summed E-state index contributed by atoms with van der Waals surface area (Å²) in [6, 6.07) is 15.3. The van der Waals surface area contributed by atoms with Gasteiger partial charge in [-0.1, -0.05) is 23.7 Å². The first-order valence-corrected chi connectivity index (χ1v) is 14.1. The van der Waals surface area contributed by atoms with Gasteiger partial charge in [0.2, 0.25) is 0 Å². The average molecular weight is 569 g/mol. The largest absolute Gasteiger partial charge is 0.497 e. The molecule has 2 saturated heterocycles. The third-order valence-corrected chi connectivity index (χ3v) is 9.06. The Morgan fingerprint density at radius 2 is 1.73 bits per heavy atom. The van der Waals surface area contributed by atoms with Gasteiger partial charge in [-0.25, -0.2) is 4.39 Å². The molecule has 9 heteroatoms. The van der Waals surface area contributed by atoms with E-state index in [0.29, 0.717) is 23.0 Å². The fourth-order valence-electron chi connectivity index (χ4n) is 6.67. The zero-order valence-electron chi connectivity index (χ0n) is 23.9. The molecule has 0 aliphatic carbocycles. The molecule has 0 N–H and O–H groups in total. The molecule has 0 radical (unpaired) electrons. The van der Waals surface area contributed by atoms with Crippen LogP contribution in [0.4, 0.5) is 10.2 Å². The fraction of sp³-hybridized carbons (Fsp3) is 0.484. The minimum Gasteiger partial charge on any atom is -0.497 e. The Hall–Kier alpha value is -2.94. The molecule has 0 spiro atoms. The van der Waals surface area contributed by atoms with E-state index in [1.807, 2.05) is 24.3 Å². The third-order valence-electron chi connectivity index (χ3n) is 8.77. The highest BCUT2D eigenvalue weighted by Gasteiger charge is 2.53. The van der Waals surface area contributed by atoms with Crippen LogP contribution in [0.5, 0.6) is 11.5 Å². The van der Waals surface area contributed by atoms with Crippen LogP contribution in [0.1, 0.15) is 51.5 Å². The molecule has 2 aliphatic heterocycles. The maximum absolute atomic E-state index is 14.3. The molecule has 3 aromatic rings. The summed E-state index contributed by atoms with van der Waals surface area (Å²) in [5, 5.41) is 8.98. The van der Waals surface area contributed by atoms with Crippen LogP contribution >= 0.6 is 11.6 Å². The first kappa shape index (κ1) is 28.6. The number of piperidine rings is 2. The molecule has 2 unspecified atom stereocenters. The van der Waals surface area contributed by atoms with Crippen molar-refractivity contribution in [2.24, 2.45) is 0 Å². The number of aromatic nitrogens is 2. The molecule has 2 atom stereocenters. The molecular formula is C31H38ClFN4O3. The van der Waals surface area contributed by atoms with Gasteiger partial charge in [-0.3, -0.25) is 4.90 Å². The number of hydrogen-bond acceptors (Lipinski definition) is 7. The lowest BCUT2D eigenvalue weighted by molar-refractivity contribution is -0.0976. The molecule has 214 valence electrons. The average Bonchev–Trinajstić information content (AvgIpc) is 2.94. The predicted molar refractivity (Wildman–Crippen MR) is 156 cm³/mol. The van der Waals surface area contributed by atoms with Crippen molar-refractivity contribution >= 4 is 17.4 Å². The van der Waals surface area contributed by atoms with E-state index < -0.39 is 5.82 Å². The highest BCUT2D eigenvalue weighted by molar-refractivity contribution is 6.31. The molecule has 5 rings (SSSR count). The van der Waals surface area contributed by atoms with Crippen LogP contribution in [-0.4, -0.2) is 60.3 Å². The van der Waals surface area contributed by atoms with Crippen LogP contribution in [0.3, 0.4) is 0 Å². The van der Waals surface area contributed by atoms with Gasteiger partial charge in [0.1, 0.15) is 17.3 Å². The molecule has 0 amide bonds. The Balaban J connectivity index is 1.35. The summed E-state index contributed by atoms with van der Waals surface area (Å²) in [4.78, 5) is 5.00. The number of hydrogen-bond donors (Lipinski definition) is 0. The maximum atomic E-state index is 14.3. The Bertz CT molecular complexity index is 1310. The lowest BCUT2D eigenvalue weighted by Crippen LogP contribution is -2.67. The van der Waals surface area contributed by atoms with E-state index in [9.17, 15) is 4.39 Å².